The van der Waals surface area contributed by atoms with Crippen LogP contribution in [0.15, 0.2) is 28.7 Å². The van der Waals surface area contributed by atoms with Crippen molar-refractivity contribution in [2.24, 2.45) is 5.92 Å². The van der Waals surface area contributed by atoms with Gasteiger partial charge in [0.05, 0.1) is 5.92 Å². The maximum atomic E-state index is 10.8. The van der Waals surface area contributed by atoms with Crippen LogP contribution in [0.3, 0.4) is 0 Å². The van der Waals surface area contributed by atoms with Gasteiger partial charge in [-0.05, 0) is 30.7 Å². The summed E-state index contributed by atoms with van der Waals surface area (Å²) in [5, 5.41) is 17.5. The number of aliphatic carboxylic acids is 1. The number of carboxylic acid groups (broad SMARTS) is 1. The Balaban J connectivity index is 2.48. The monoisotopic (exact) mass is 288 g/mol. The average Bonchev–Trinajstić information content (AvgIpc) is 2.26. The molecule has 0 heterocycles. The average molecular weight is 289 g/mol. The van der Waals surface area contributed by atoms with Gasteiger partial charge in [-0.2, -0.15) is 0 Å². The standard InChI is InChI=1S/C11H13BrO4/c12-9-1-3-10(4-2-9)16-7-8(5-6-13)11(14)15/h1-4,8,13H,5-7H2,(H,14,15). The number of aliphatic hydroxyl groups is 1. The Morgan fingerprint density at radius 2 is 2.00 bits per heavy atom. The van der Waals surface area contributed by atoms with E-state index in [0.29, 0.717) is 5.75 Å². The van der Waals surface area contributed by atoms with E-state index < -0.39 is 11.9 Å². The van der Waals surface area contributed by atoms with Gasteiger partial charge >= 0.3 is 5.97 Å². The molecule has 1 aromatic rings. The zero-order valence-corrected chi connectivity index (χ0v) is 10.2. The fraction of sp³-hybridized carbons (Fsp3) is 0.364. The molecule has 16 heavy (non-hydrogen) atoms. The van der Waals surface area contributed by atoms with E-state index in [2.05, 4.69) is 15.9 Å². The molecule has 0 fully saturated rings. The Morgan fingerprint density at radius 1 is 1.38 bits per heavy atom. The van der Waals surface area contributed by atoms with Crippen LogP contribution >= 0.6 is 15.9 Å². The maximum Gasteiger partial charge on any atom is 0.310 e. The van der Waals surface area contributed by atoms with Gasteiger partial charge in [0.15, 0.2) is 0 Å². The molecule has 0 saturated heterocycles. The number of hydrogen-bond donors (Lipinski definition) is 2. The summed E-state index contributed by atoms with van der Waals surface area (Å²) >= 11 is 3.29. The van der Waals surface area contributed by atoms with E-state index in [0.717, 1.165) is 4.47 Å². The lowest BCUT2D eigenvalue weighted by atomic mass is 10.1. The molecule has 1 rings (SSSR count). The van der Waals surface area contributed by atoms with Crippen molar-refractivity contribution in [3.8, 4) is 5.75 Å². The second kappa shape index (κ2) is 6.50. The molecule has 0 amide bonds. The summed E-state index contributed by atoms with van der Waals surface area (Å²) in [6, 6.07) is 7.14. The number of benzene rings is 1. The zero-order chi connectivity index (χ0) is 12.0. The van der Waals surface area contributed by atoms with Crippen molar-refractivity contribution in [1.82, 2.24) is 0 Å². The largest absolute Gasteiger partial charge is 0.493 e. The smallest absolute Gasteiger partial charge is 0.310 e. The summed E-state index contributed by atoms with van der Waals surface area (Å²) in [5.74, 6) is -1.01. The third-order valence-corrected chi connectivity index (χ3v) is 2.62. The number of halogens is 1. The molecule has 2 N–H and O–H groups in total. The van der Waals surface area contributed by atoms with Crippen molar-refractivity contribution in [2.75, 3.05) is 13.2 Å². The fourth-order valence-corrected chi connectivity index (χ4v) is 1.43. The van der Waals surface area contributed by atoms with Gasteiger partial charge in [-0.15, -0.1) is 0 Å². The number of rotatable bonds is 6. The summed E-state index contributed by atoms with van der Waals surface area (Å²) in [4.78, 5) is 10.8. The Hall–Kier alpha value is -1.07. The fourth-order valence-electron chi connectivity index (χ4n) is 1.16. The highest BCUT2D eigenvalue weighted by Crippen LogP contribution is 2.17. The first kappa shape index (κ1) is 13.0. The molecule has 1 atom stereocenters. The minimum absolute atomic E-state index is 0.0670. The second-order valence-electron chi connectivity index (χ2n) is 3.31. The molecular formula is C11H13BrO4. The molecule has 0 aliphatic heterocycles. The Bertz CT molecular complexity index is 336. The van der Waals surface area contributed by atoms with Crippen molar-refractivity contribution >= 4 is 21.9 Å². The molecule has 1 aromatic carbocycles. The molecule has 1 unspecified atom stereocenters. The van der Waals surface area contributed by atoms with Crippen LogP contribution in [0.1, 0.15) is 6.42 Å². The van der Waals surface area contributed by atoms with Crippen LogP contribution in [0.2, 0.25) is 0 Å². The number of carboxylic acids is 1. The SMILES string of the molecule is O=C(O)C(CCO)COc1ccc(Br)cc1. The lowest BCUT2D eigenvalue weighted by Gasteiger charge is -2.12. The highest BCUT2D eigenvalue weighted by molar-refractivity contribution is 9.10. The second-order valence-corrected chi connectivity index (χ2v) is 4.23. The van der Waals surface area contributed by atoms with Crippen molar-refractivity contribution in [3.05, 3.63) is 28.7 Å². The molecule has 0 saturated carbocycles. The summed E-state index contributed by atoms with van der Waals surface area (Å²) in [5.41, 5.74) is 0. The summed E-state index contributed by atoms with van der Waals surface area (Å²) in [6.07, 6.45) is 0.200. The van der Waals surface area contributed by atoms with Crippen molar-refractivity contribution in [2.45, 2.75) is 6.42 Å². The highest BCUT2D eigenvalue weighted by atomic mass is 79.9. The van der Waals surface area contributed by atoms with Crippen LogP contribution in [0.4, 0.5) is 0 Å². The van der Waals surface area contributed by atoms with Gasteiger partial charge in [-0.3, -0.25) is 4.79 Å². The van der Waals surface area contributed by atoms with E-state index in [-0.39, 0.29) is 19.6 Å². The molecule has 0 aromatic heterocycles. The first-order valence-corrected chi connectivity index (χ1v) is 5.65. The van der Waals surface area contributed by atoms with Gasteiger partial charge in [-0.1, -0.05) is 15.9 Å². The van der Waals surface area contributed by atoms with Crippen molar-refractivity contribution < 1.29 is 19.7 Å². The van der Waals surface area contributed by atoms with Crippen LogP contribution in [0.25, 0.3) is 0 Å². The van der Waals surface area contributed by atoms with Crippen molar-refractivity contribution in [1.29, 1.82) is 0 Å². The molecule has 5 heteroatoms. The number of carbonyl (C=O) groups is 1. The Kier molecular flexibility index (Phi) is 5.28. The lowest BCUT2D eigenvalue weighted by Crippen LogP contribution is -2.22. The van der Waals surface area contributed by atoms with E-state index in [1.807, 2.05) is 12.1 Å². The van der Waals surface area contributed by atoms with Crippen LogP contribution in [0.5, 0.6) is 5.75 Å². The number of ether oxygens (including phenoxy) is 1. The third-order valence-electron chi connectivity index (χ3n) is 2.09. The lowest BCUT2D eigenvalue weighted by molar-refractivity contribution is -0.143. The quantitative estimate of drug-likeness (QED) is 0.839. The highest BCUT2D eigenvalue weighted by Gasteiger charge is 2.17. The molecule has 4 nitrogen and oxygen atoms in total. The van der Waals surface area contributed by atoms with E-state index in [1.54, 1.807) is 12.1 Å². The van der Waals surface area contributed by atoms with Gasteiger partial charge < -0.3 is 14.9 Å². The molecule has 0 aliphatic rings. The number of hydrogen-bond acceptors (Lipinski definition) is 3. The predicted molar refractivity (Wildman–Crippen MR) is 62.5 cm³/mol. The van der Waals surface area contributed by atoms with Gasteiger partial charge in [0.25, 0.3) is 0 Å². The minimum atomic E-state index is -0.953. The Labute approximate surface area is 102 Å². The summed E-state index contributed by atoms with van der Waals surface area (Å²) < 4.78 is 6.26. The molecule has 0 spiro atoms. The van der Waals surface area contributed by atoms with Crippen LogP contribution in [0, 0.1) is 5.92 Å². The summed E-state index contributed by atoms with van der Waals surface area (Å²) in [7, 11) is 0. The van der Waals surface area contributed by atoms with Gasteiger partial charge in [0, 0.05) is 11.1 Å². The van der Waals surface area contributed by atoms with Gasteiger partial charge in [0.2, 0.25) is 0 Å². The normalized spacial score (nSPS) is 12.1. The summed E-state index contributed by atoms with van der Waals surface area (Å²) in [6.45, 7) is -0.0851. The first-order valence-electron chi connectivity index (χ1n) is 4.85. The van der Waals surface area contributed by atoms with Crippen molar-refractivity contribution in [3.63, 3.8) is 0 Å². The van der Waals surface area contributed by atoms with E-state index >= 15 is 0 Å². The maximum absolute atomic E-state index is 10.8. The number of aliphatic hydroxyl groups excluding tert-OH is 1. The zero-order valence-electron chi connectivity index (χ0n) is 8.60. The van der Waals surface area contributed by atoms with Gasteiger partial charge in [-0.25, -0.2) is 0 Å². The predicted octanol–water partition coefficient (Wildman–Crippen LogP) is 1.91. The molecule has 0 bridgehead atoms. The van der Waals surface area contributed by atoms with Crippen LogP contribution in [-0.2, 0) is 4.79 Å². The van der Waals surface area contributed by atoms with E-state index in [1.165, 1.54) is 0 Å². The first-order chi connectivity index (χ1) is 7.63. The van der Waals surface area contributed by atoms with Gasteiger partial charge in [0.1, 0.15) is 12.4 Å². The molecule has 0 radical (unpaired) electrons. The van der Waals surface area contributed by atoms with Crippen LogP contribution in [-0.4, -0.2) is 29.4 Å². The Morgan fingerprint density at radius 3 is 2.50 bits per heavy atom. The topological polar surface area (TPSA) is 66.8 Å². The van der Waals surface area contributed by atoms with E-state index in [9.17, 15) is 4.79 Å². The minimum Gasteiger partial charge on any atom is -0.493 e. The van der Waals surface area contributed by atoms with Crippen LogP contribution < -0.4 is 4.74 Å². The third kappa shape index (κ3) is 4.20. The molecule has 0 aliphatic carbocycles. The molecular weight excluding hydrogens is 276 g/mol. The molecule has 88 valence electrons. The van der Waals surface area contributed by atoms with E-state index in [4.69, 9.17) is 14.9 Å².